The zero-order chi connectivity index (χ0) is 20.0. The molecule has 1 aliphatic carbocycles. The Labute approximate surface area is 177 Å². The number of thioether (sulfide) groups is 1. The summed E-state index contributed by atoms with van der Waals surface area (Å²) in [5.74, 6) is 1.30. The van der Waals surface area contributed by atoms with Crippen LogP contribution in [0.3, 0.4) is 0 Å². The van der Waals surface area contributed by atoms with Crippen LogP contribution in [0.4, 0.5) is 5.69 Å². The predicted molar refractivity (Wildman–Crippen MR) is 120 cm³/mol. The van der Waals surface area contributed by atoms with Crippen molar-refractivity contribution >= 4 is 44.9 Å². The summed E-state index contributed by atoms with van der Waals surface area (Å²) in [5.41, 5.74) is 3.44. The monoisotopic (exact) mass is 425 g/mol. The first-order chi connectivity index (χ1) is 14.1. The number of benzene rings is 1. The van der Waals surface area contributed by atoms with Gasteiger partial charge in [0.2, 0.25) is 5.91 Å². The predicted octanol–water partition coefficient (Wildman–Crippen LogP) is 4.07. The number of aromatic amines is 1. The number of amides is 1. The number of carbonyl (C=O) groups excluding carboxylic acids is 1. The van der Waals surface area contributed by atoms with E-state index in [1.807, 2.05) is 30.0 Å². The quantitative estimate of drug-likeness (QED) is 0.684. The Bertz CT molecular complexity index is 1150. The van der Waals surface area contributed by atoms with Crippen LogP contribution in [0.15, 0.2) is 29.1 Å². The lowest BCUT2D eigenvalue weighted by Crippen LogP contribution is -2.35. The molecule has 1 amide bonds. The Kier molecular flexibility index (Phi) is 4.95. The van der Waals surface area contributed by atoms with Crippen LogP contribution in [0.1, 0.15) is 41.6 Å². The number of nitrogens with one attached hydrogen (secondary N) is 1. The third-order valence-electron chi connectivity index (χ3n) is 5.85. The minimum Gasteiger partial charge on any atom is -0.311 e. The second kappa shape index (κ2) is 7.61. The molecule has 150 valence electrons. The topological polar surface area (TPSA) is 66.1 Å². The molecule has 1 aromatic carbocycles. The van der Waals surface area contributed by atoms with E-state index in [1.54, 1.807) is 11.3 Å². The first kappa shape index (κ1) is 18.9. The van der Waals surface area contributed by atoms with E-state index in [4.69, 9.17) is 4.98 Å². The number of nitrogens with zero attached hydrogens (tertiary/aromatic N) is 2. The molecule has 3 aromatic rings. The summed E-state index contributed by atoms with van der Waals surface area (Å²) in [6, 6.07) is 8.10. The number of thiophene rings is 1. The van der Waals surface area contributed by atoms with Gasteiger partial charge in [0.25, 0.3) is 5.56 Å². The molecule has 5 rings (SSSR count). The molecule has 0 unspecified atom stereocenters. The van der Waals surface area contributed by atoms with Gasteiger partial charge in [-0.2, -0.15) is 0 Å². The minimum absolute atomic E-state index is 0.0301. The Hall–Kier alpha value is -2.12. The van der Waals surface area contributed by atoms with Crippen molar-refractivity contribution in [3.63, 3.8) is 0 Å². The van der Waals surface area contributed by atoms with Gasteiger partial charge in [0.1, 0.15) is 10.7 Å². The highest BCUT2D eigenvalue weighted by Gasteiger charge is 2.28. The van der Waals surface area contributed by atoms with Crippen molar-refractivity contribution in [2.24, 2.45) is 0 Å². The Morgan fingerprint density at radius 1 is 1.28 bits per heavy atom. The highest BCUT2D eigenvalue weighted by atomic mass is 32.2. The molecule has 3 heterocycles. The third-order valence-corrected chi connectivity index (χ3v) is 8.17. The SMILES string of the molecule is C[C@H](SCc1nc2sc3c(c2c(=O)[nH]1)CCCC3)C(=O)N1CCc2ccccc21. The number of aromatic nitrogens is 2. The van der Waals surface area contributed by atoms with Gasteiger partial charge in [0, 0.05) is 17.1 Å². The highest BCUT2D eigenvalue weighted by molar-refractivity contribution is 7.99. The van der Waals surface area contributed by atoms with Gasteiger partial charge in [0.05, 0.1) is 16.4 Å². The molecule has 0 radical (unpaired) electrons. The second-order valence-corrected chi connectivity index (χ2v) is 10.1. The molecule has 0 fully saturated rings. The summed E-state index contributed by atoms with van der Waals surface area (Å²) in [5, 5.41) is 0.593. The number of H-pyrrole nitrogens is 1. The fraction of sp³-hybridized carbons (Fsp3) is 0.409. The largest absolute Gasteiger partial charge is 0.311 e. The Morgan fingerprint density at radius 3 is 3.00 bits per heavy atom. The summed E-state index contributed by atoms with van der Waals surface area (Å²) >= 11 is 3.20. The number of fused-ring (bicyclic) bond motifs is 4. The van der Waals surface area contributed by atoms with Crippen molar-refractivity contribution in [1.82, 2.24) is 9.97 Å². The van der Waals surface area contributed by atoms with Gasteiger partial charge in [-0.25, -0.2) is 4.98 Å². The van der Waals surface area contributed by atoms with Crippen molar-refractivity contribution in [1.29, 1.82) is 0 Å². The van der Waals surface area contributed by atoms with Crippen LogP contribution in [0.25, 0.3) is 10.2 Å². The van der Waals surface area contributed by atoms with E-state index >= 15 is 0 Å². The molecular formula is C22H23N3O2S2. The first-order valence-electron chi connectivity index (χ1n) is 10.2. The highest BCUT2D eigenvalue weighted by Crippen LogP contribution is 2.34. The van der Waals surface area contributed by atoms with Crippen LogP contribution in [0.5, 0.6) is 0 Å². The van der Waals surface area contributed by atoms with Gasteiger partial charge in [-0.1, -0.05) is 18.2 Å². The van der Waals surface area contributed by atoms with Crippen molar-refractivity contribution in [3.8, 4) is 0 Å². The maximum Gasteiger partial charge on any atom is 0.259 e. The van der Waals surface area contributed by atoms with E-state index in [2.05, 4.69) is 11.1 Å². The van der Waals surface area contributed by atoms with Gasteiger partial charge < -0.3 is 9.88 Å². The normalized spacial score (nSPS) is 16.7. The molecule has 0 bridgehead atoms. The van der Waals surface area contributed by atoms with E-state index < -0.39 is 0 Å². The Morgan fingerprint density at radius 2 is 2.10 bits per heavy atom. The van der Waals surface area contributed by atoms with Crippen LogP contribution in [0, 0.1) is 0 Å². The van der Waals surface area contributed by atoms with Crippen LogP contribution < -0.4 is 10.5 Å². The van der Waals surface area contributed by atoms with Gasteiger partial charge in [-0.3, -0.25) is 9.59 Å². The van der Waals surface area contributed by atoms with Crippen molar-refractivity contribution in [2.75, 3.05) is 11.4 Å². The van der Waals surface area contributed by atoms with E-state index in [1.165, 1.54) is 34.2 Å². The molecular weight excluding hydrogens is 402 g/mol. The van der Waals surface area contributed by atoms with Crippen LogP contribution in [0.2, 0.25) is 0 Å². The first-order valence-corrected chi connectivity index (χ1v) is 12.0. The number of rotatable bonds is 4. The van der Waals surface area contributed by atoms with Gasteiger partial charge in [-0.05, 0) is 56.2 Å². The molecule has 0 spiro atoms. The molecule has 5 nitrogen and oxygen atoms in total. The van der Waals surface area contributed by atoms with Crippen LogP contribution in [-0.4, -0.2) is 27.7 Å². The van der Waals surface area contributed by atoms with Crippen LogP contribution >= 0.6 is 23.1 Å². The van der Waals surface area contributed by atoms with Crippen molar-refractivity contribution < 1.29 is 4.79 Å². The molecule has 2 aromatic heterocycles. The van der Waals surface area contributed by atoms with E-state index in [0.29, 0.717) is 11.6 Å². The molecule has 7 heteroatoms. The molecule has 1 N–H and O–H groups in total. The zero-order valence-corrected chi connectivity index (χ0v) is 18.0. The lowest BCUT2D eigenvalue weighted by Gasteiger charge is -2.21. The number of aryl methyl sites for hydroxylation is 2. The molecule has 1 atom stereocenters. The maximum atomic E-state index is 13.0. The van der Waals surface area contributed by atoms with E-state index in [0.717, 1.165) is 48.1 Å². The lowest BCUT2D eigenvalue weighted by molar-refractivity contribution is -0.117. The summed E-state index contributed by atoms with van der Waals surface area (Å²) in [6.45, 7) is 2.68. The molecule has 29 heavy (non-hydrogen) atoms. The summed E-state index contributed by atoms with van der Waals surface area (Å²) < 4.78 is 0. The van der Waals surface area contributed by atoms with Crippen LogP contribution in [-0.2, 0) is 29.8 Å². The maximum absolute atomic E-state index is 13.0. The third kappa shape index (κ3) is 3.40. The van der Waals surface area contributed by atoms with Crippen molar-refractivity contribution in [2.45, 2.75) is 50.0 Å². The number of carbonyl (C=O) groups is 1. The molecule has 0 saturated carbocycles. The van der Waals surface area contributed by atoms with Gasteiger partial charge in [-0.15, -0.1) is 23.1 Å². The van der Waals surface area contributed by atoms with Gasteiger partial charge >= 0.3 is 0 Å². The molecule has 0 saturated heterocycles. The minimum atomic E-state index is -0.196. The summed E-state index contributed by atoms with van der Waals surface area (Å²) in [4.78, 5) is 37.4. The number of hydrogen-bond donors (Lipinski definition) is 1. The van der Waals surface area contributed by atoms with Gasteiger partial charge in [0.15, 0.2) is 0 Å². The van der Waals surface area contributed by atoms with E-state index in [9.17, 15) is 9.59 Å². The standard InChI is InChI=1S/C22H23N3O2S2/c1-13(22(27)25-11-10-14-6-2-4-8-16(14)25)28-12-18-23-20(26)19-15-7-3-5-9-17(15)29-21(19)24-18/h2,4,6,8,13H,3,5,7,9-12H2,1H3,(H,23,24,26)/t13-/m0/s1. The van der Waals surface area contributed by atoms with Crippen molar-refractivity contribution in [3.05, 3.63) is 56.4 Å². The Balaban J connectivity index is 1.32. The average molecular weight is 426 g/mol. The smallest absolute Gasteiger partial charge is 0.259 e. The summed E-state index contributed by atoms with van der Waals surface area (Å²) in [6.07, 6.45) is 5.29. The zero-order valence-electron chi connectivity index (χ0n) is 16.4. The number of para-hydroxylation sites is 1. The summed E-state index contributed by atoms with van der Waals surface area (Å²) in [7, 11) is 0. The molecule has 1 aliphatic heterocycles. The number of hydrogen-bond acceptors (Lipinski definition) is 5. The fourth-order valence-electron chi connectivity index (χ4n) is 4.34. The fourth-order valence-corrected chi connectivity index (χ4v) is 6.43. The number of anilines is 1. The lowest BCUT2D eigenvalue weighted by atomic mass is 9.97. The molecule has 2 aliphatic rings. The van der Waals surface area contributed by atoms with E-state index in [-0.39, 0.29) is 16.7 Å². The second-order valence-electron chi connectivity index (χ2n) is 7.73. The average Bonchev–Trinajstić information content (AvgIpc) is 3.33.